The average molecular weight is 301 g/mol. The van der Waals surface area contributed by atoms with E-state index in [1.807, 2.05) is 42.5 Å². The van der Waals surface area contributed by atoms with Gasteiger partial charge in [-0.3, -0.25) is 4.79 Å². The number of nitrogens with zero attached hydrogens (tertiary/aromatic N) is 1. The summed E-state index contributed by atoms with van der Waals surface area (Å²) in [5, 5.41) is 0.723. The van der Waals surface area contributed by atoms with E-state index in [4.69, 9.17) is 17.3 Å². The van der Waals surface area contributed by atoms with E-state index >= 15 is 0 Å². The molecule has 1 heterocycles. The third-order valence-electron chi connectivity index (χ3n) is 3.95. The van der Waals surface area contributed by atoms with Crippen LogP contribution in [0, 0.1) is 0 Å². The molecule has 0 radical (unpaired) electrons. The van der Waals surface area contributed by atoms with Crippen LogP contribution in [0.1, 0.15) is 22.7 Å². The summed E-state index contributed by atoms with van der Waals surface area (Å²) in [7, 11) is 1.81. The number of likely N-dealkylation sites (N-methyl/N-ethyl adjacent to an activating group) is 1. The van der Waals surface area contributed by atoms with Gasteiger partial charge in [-0.25, -0.2) is 0 Å². The minimum absolute atomic E-state index is 0.102. The highest BCUT2D eigenvalue weighted by Crippen LogP contribution is 2.30. The van der Waals surface area contributed by atoms with Crippen molar-refractivity contribution in [3.63, 3.8) is 0 Å². The summed E-state index contributed by atoms with van der Waals surface area (Å²) in [5.74, 6) is 0.130. The Kier molecular flexibility index (Phi) is 3.70. The van der Waals surface area contributed by atoms with Crippen molar-refractivity contribution in [1.82, 2.24) is 0 Å². The molecule has 2 N–H and O–H groups in total. The van der Waals surface area contributed by atoms with E-state index in [9.17, 15) is 4.79 Å². The standard InChI is InChI=1S/C17H17ClN2O/c1-20-16-6-5-12(9-13(16)10-17(20)21)15(19)8-11-3-2-4-14(18)7-11/h2-7,9,15H,8,10,19H2,1H3. The van der Waals surface area contributed by atoms with Gasteiger partial charge in [0.2, 0.25) is 5.91 Å². The largest absolute Gasteiger partial charge is 0.324 e. The van der Waals surface area contributed by atoms with Crippen LogP contribution < -0.4 is 10.6 Å². The molecule has 108 valence electrons. The van der Waals surface area contributed by atoms with E-state index in [2.05, 4.69) is 0 Å². The molecule has 3 nitrogen and oxygen atoms in total. The Balaban J connectivity index is 1.81. The third kappa shape index (κ3) is 2.80. The maximum Gasteiger partial charge on any atom is 0.231 e. The van der Waals surface area contributed by atoms with Crippen molar-refractivity contribution in [2.75, 3.05) is 11.9 Å². The van der Waals surface area contributed by atoms with E-state index in [1.54, 1.807) is 11.9 Å². The molecule has 0 aliphatic carbocycles. The summed E-state index contributed by atoms with van der Waals surface area (Å²) < 4.78 is 0. The molecular weight excluding hydrogens is 284 g/mol. The van der Waals surface area contributed by atoms with Gasteiger partial charge in [-0.15, -0.1) is 0 Å². The first-order valence-corrected chi connectivity index (χ1v) is 7.32. The van der Waals surface area contributed by atoms with E-state index < -0.39 is 0 Å². The van der Waals surface area contributed by atoms with Crippen LogP contribution in [0.15, 0.2) is 42.5 Å². The van der Waals surface area contributed by atoms with Gasteiger partial charge >= 0.3 is 0 Å². The van der Waals surface area contributed by atoms with E-state index in [0.717, 1.165) is 33.8 Å². The average Bonchev–Trinajstić information content (AvgIpc) is 2.73. The number of carbonyl (C=O) groups excluding carboxylic acids is 1. The molecule has 1 atom stereocenters. The van der Waals surface area contributed by atoms with Crippen LogP contribution in [0.25, 0.3) is 0 Å². The molecule has 3 rings (SSSR count). The lowest BCUT2D eigenvalue weighted by Crippen LogP contribution is -2.20. The molecule has 2 aromatic carbocycles. The van der Waals surface area contributed by atoms with Crippen molar-refractivity contribution in [1.29, 1.82) is 0 Å². The Labute approximate surface area is 129 Å². The van der Waals surface area contributed by atoms with Gasteiger partial charge in [-0.05, 0) is 41.3 Å². The summed E-state index contributed by atoms with van der Waals surface area (Å²) in [5.41, 5.74) is 10.5. The summed E-state index contributed by atoms with van der Waals surface area (Å²) in [6.45, 7) is 0. The quantitative estimate of drug-likeness (QED) is 0.947. The fourth-order valence-corrected chi connectivity index (χ4v) is 2.97. The topological polar surface area (TPSA) is 46.3 Å². The summed E-state index contributed by atoms with van der Waals surface area (Å²) in [6, 6.07) is 13.7. The van der Waals surface area contributed by atoms with Gasteiger partial charge in [0.1, 0.15) is 0 Å². The molecule has 1 aliphatic heterocycles. The van der Waals surface area contributed by atoms with E-state index in [-0.39, 0.29) is 11.9 Å². The second-order valence-electron chi connectivity index (χ2n) is 5.46. The molecule has 1 aliphatic rings. The Morgan fingerprint density at radius 2 is 2.10 bits per heavy atom. The van der Waals surface area contributed by atoms with Crippen LogP contribution in [-0.4, -0.2) is 13.0 Å². The molecule has 0 spiro atoms. The second-order valence-corrected chi connectivity index (χ2v) is 5.89. The van der Waals surface area contributed by atoms with Crippen LogP contribution in [0.3, 0.4) is 0 Å². The molecule has 0 saturated heterocycles. The molecule has 0 bridgehead atoms. The lowest BCUT2D eigenvalue weighted by Gasteiger charge is -2.15. The van der Waals surface area contributed by atoms with Crippen molar-refractivity contribution < 1.29 is 4.79 Å². The second kappa shape index (κ2) is 5.51. The Bertz CT molecular complexity index is 699. The number of benzene rings is 2. The number of hydrogen-bond donors (Lipinski definition) is 1. The Morgan fingerprint density at radius 1 is 1.29 bits per heavy atom. The zero-order valence-electron chi connectivity index (χ0n) is 11.8. The van der Waals surface area contributed by atoms with Gasteiger partial charge in [-0.1, -0.05) is 35.9 Å². The van der Waals surface area contributed by atoms with Gasteiger partial charge in [0.15, 0.2) is 0 Å². The Morgan fingerprint density at radius 3 is 2.86 bits per heavy atom. The van der Waals surface area contributed by atoms with Crippen molar-refractivity contribution in [2.24, 2.45) is 5.73 Å². The lowest BCUT2D eigenvalue weighted by molar-refractivity contribution is -0.117. The minimum atomic E-state index is -0.102. The number of hydrogen-bond acceptors (Lipinski definition) is 2. The van der Waals surface area contributed by atoms with Crippen LogP contribution in [0.2, 0.25) is 5.02 Å². The monoisotopic (exact) mass is 300 g/mol. The van der Waals surface area contributed by atoms with Gasteiger partial charge in [0, 0.05) is 23.8 Å². The van der Waals surface area contributed by atoms with Crippen molar-refractivity contribution in [3.8, 4) is 0 Å². The highest BCUT2D eigenvalue weighted by molar-refractivity contribution is 6.30. The predicted molar refractivity (Wildman–Crippen MR) is 85.6 cm³/mol. The van der Waals surface area contributed by atoms with Crippen molar-refractivity contribution >= 4 is 23.2 Å². The van der Waals surface area contributed by atoms with Gasteiger partial charge in [-0.2, -0.15) is 0 Å². The molecular formula is C17H17ClN2O. The summed E-state index contributed by atoms with van der Waals surface area (Å²) in [4.78, 5) is 13.4. The molecule has 0 saturated carbocycles. The normalized spacial score (nSPS) is 15.2. The zero-order chi connectivity index (χ0) is 15.0. The van der Waals surface area contributed by atoms with Crippen molar-refractivity contribution in [3.05, 3.63) is 64.2 Å². The number of fused-ring (bicyclic) bond motifs is 1. The van der Waals surface area contributed by atoms with Crippen molar-refractivity contribution in [2.45, 2.75) is 18.9 Å². The number of amides is 1. The molecule has 21 heavy (non-hydrogen) atoms. The number of rotatable bonds is 3. The molecule has 0 fully saturated rings. The number of halogens is 1. The maximum atomic E-state index is 11.7. The zero-order valence-corrected chi connectivity index (χ0v) is 12.6. The fraction of sp³-hybridized carbons (Fsp3) is 0.235. The predicted octanol–water partition coefficient (Wildman–Crippen LogP) is 3.10. The number of anilines is 1. The highest BCUT2D eigenvalue weighted by atomic mass is 35.5. The maximum absolute atomic E-state index is 11.7. The Hall–Kier alpha value is -1.84. The molecule has 1 unspecified atom stereocenters. The summed E-state index contributed by atoms with van der Waals surface area (Å²) in [6.07, 6.45) is 1.19. The minimum Gasteiger partial charge on any atom is -0.324 e. The number of nitrogens with two attached hydrogens (primary N) is 1. The van der Waals surface area contributed by atoms with Gasteiger partial charge in [0.25, 0.3) is 0 Å². The van der Waals surface area contributed by atoms with Gasteiger partial charge < -0.3 is 10.6 Å². The van der Waals surface area contributed by atoms with Crippen LogP contribution in [-0.2, 0) is 17.6 Å². The smallest absolute Gasteiger partial charge is 0.231 e. The first-order chi connectivity index (χ1) is 10.0. The molecule has 1 amide bonds. The van der Waals surface area contributed by atoms with E-state index in [0.29, 0.717) is 6.42 Å². The third-order valence-corrected chi connectivity index (χ3v) is 4.19. The molecule has 2 aromatic rings. The van der Waals surface area contributed by atoms with Crippen LogP contribution >= 0.6 is 11.6 Å². The van der Waals surface area contributed by atoms with E-state index in [1.165, 1.54) is 0 Å². The first-order valence-electron chi connectivity index (χ1n) is 6.94. The lowest BCUT2D eigenvalue weighted by atomic mass is 9.97. The number of carbonyl (C=O) groups is 1. The fourth-order valence-electron chi connectivity index (χ4n) is 2.76. The SMILES string of the molecule is CN1C(=O)Cc2cc(C(N)Cc3cccc(Cl)c3)ccc21. The van der Waals surface area contributed by atoms with Gasteiger partial charge in [0.05, 0.1) is 6.42 Å². The molecule has 0 aromatic heterocycles. The summed E-state index contributed by atoms with van der Waals surface area (Å²) >= 11 is 6.00. The van der Waals surface area contributed by atoms with Crippen LogP contribution in [0.4, 0.5) is 5.69 Å². The molecule has 4 heteroatoms. The first kappa shape index (κ1) is 14.1. The van der Waals surface area contributed by atoms with Crippen LogP contribution in [0.5, 0.6) is 0 Å². The highest BCUT2D eigenvalue weighted by Gasteiger charge is 2.24.